The normalized spacial score (nSPS) is 17.5. The number of hydrogen-bond donors (Lipinski definition) is 1. The molecule has 0 saturated carbocycles. The number of ether oxygens (including phenoxy) is 2. The minimum Gasteiger partial charge on any atom is -0.497 e. The third-order valence-electron chi connectivity index (χ3n) is 6.69. The van der Waals surface area contributed by atoms with E-state index in [0.29, 0.717) is 33.6 Å². The van der Waals surface area contributed by atoms with Crippen molar-refractivity contribution in [1.29, 1.82) is 0 Å². The Bertz CT molecular complexity index is 972. The number of amides is 1. The molecular formula is C23H30N4O4S. The molecule has 8 nitrogen and oxygen atoms in total. The average Bonchev–Trinajstić information content (AvgIpc) is 3.36. The Balaban J connectivity index is 1.36. The zero-order valence-electron chi connectivity index (χ0n) is 19.1. The molecule has 32 heavy (non-hydrogen) atoms. The van der Waals surface area contributed by atoms with Crippen molar-refractivity contribution in [3.63, 3.8) is 0 Å². The maximum atomic E-state index is 13.0. The molecule has 1 amide bonds. The molecule has 9 heteroatoms. The van der Waals surface area contributed by atoms with Crippen LogP contribution in [0.2, 0.25) is 0 Å². The van der Waals surface area contributed by atoms with Gasteiger partial charge in [-0.2, -0.15) is 0 Å². The van der Waals surface area contributed by atoms with E-state index in [4.69, 9.17) is 26.2 Å². The summed E-state index contributed by atoms with van der Waals surface area (Å²) in [4.78, 5) is 17.1. The zero-order chi connectivity index (χ0) is 22.9. The first-order chi connectivity index (χ1) is 15.3. The number of aryl methyl sites for hydroxylation is 2. The van der Waals surface area contributed by atoms with Crippen LogP contribution in [-0.4, -0.2) is 66.4 Å². The largest absolute Gasteiger partial charge is 0.497 e. The minimum atomic E-state index is 0.0233. The van der Waals surface area contributed by atoms with E-state index in [1.54, 1.807) is 21.1 Å². The van der Waals surface area contributed by atoms with Crippen molar-refractivity contribution >= 4 is 28.9 Å². The fraction of sp³-hybridized carbons (Fsp3) is 0.522. The number of methoxy groups -OCH3 is 2. The van der Waals surface area contributed by atoms with E-state index < -0.39 is 0 Å². The maximum Gasteiger partial charge on any atom is 0.259 e. The van der Waals surface area contributed by atoms with Gasteiger partial charge in [-0.1, -0.05) is 5.16 Å². The number of aromatic nitrogens is 1. The maximum absolute atomic E-state index is 13.0. The standard InChI is InChI=1S/C23H30N4O4S/c1-15-20(16(2)31-25-15)21(28)26-8-5-23(6-9-26)7-10-27(14-23)22(32)24-17-11-18(29-3)13-19(12-17)30-4/h11-13H,5-10,14H2,1-4H3,(H,24,32). The molecule has 0 atom stereocenters. The van der Waals surface area contributed by atoms with Crippen LogP contribution in [0, 0.1) is 19.3 Å². The smallest absolute Gasteiger partial charge is 0.259 e. The van der Waals surface area contributed by atoms with Gasteiger partial charge in [-0.25, -0.2) is 0 Å². The van der Waals surface area contributed by atoms with Crippen LogP contribution >= 0.6 is 12.2 Å². The number of piperidine rings is 1. The summed E-state index contributed by atoms with van der Waals surface area (Å²) >= 11 is 5.71. The Hall–Kier alpha value is -2.81. The summed E-state index contributed by atoms with van der Waals surface area (Å²) in [6.45, 7) is 6.89. The number of hydrogen-bond acceptors (Lipinski definition) is 6. The summed E-state index contributed by atoms with van der Waals surface area (Å²) in [6, 6.07) is 5.63. The summed E-state index contributed by atoms with van der Waals surface area (Å²) in [5, 5.41) is 7.95. The first kappa shape index (κ1) is 22.4. The molecule has 2 aliphatic rings. The first-order valence-corrected chi connectivity index (χ1v) is 11.3. The Morgan fingerprint density at radius 1 is 1.06 bits per heavy atom. The molecule has 3 heterocycles. The number of anilines is 1. The van der Waals surface area contributed by atoms with Gasteiger partial charge in [-0.15, -0.1) is 0 Å². The molecule has 2 saturated heterocycles. The molecule has 0 aliphatic carbocycles. The lowest BCUT2D eigenvalue weighted by Gasteiger charge is -2.39. The van der Waals surface area contributed by atoms with E-state index >= 15 is 0 Å². The number of carbonyl (C=O) groups is 1. The highest BCUT2D eigenvalue weighted by Gasteiger charge is 2.42. The summed E-state index contributed by atoms with van der Waals surface area (Å²) < 4.78 is 15.9. The van der Waals surface area contributed by atoms with Crippen LogP contribution in [0.25, 0.3) is 0 Å². The third-order valence-corrected chi connectivity index (χ3v) is 7.05. The summed E-state index contributed by atoms with van der Waals surface area (Å²) in [5.74, 6) is 2.03. The van der Waals surface area contributed by atoms with Crippen molar-refractivity contribution in [3.8, 4) is 11.5 Å². The second-order valence-corrected chi connectivity index (χ2v) is 9.08. The van der Waals surface area contributed by atoms with Gasteiger partial charge in [0.05, 0.1) is 19.9 Å². The van der Waals surface area contributed by atoms with Crippen LogP contribution < -0.4 is 14.8 Å². The zero-order valence-corrected chi connectivity index (χ0v) is 19.9. The molecular weight excluding hydrogens is 428 g/mol. The molecule has 4 rings (SSSR count). The molecule has 2 aromatic rings. The summed E-state index contributed by atoms with van der Waals surface area (Å²) in [5.41, 5.74) is 2.29. The van der Waals surface area contributed by atoms with Crippen LogP contribution in [0.3, 0.4) is 0 Å². The van der Waals surface area contributed by atoms with E-state index in [-0.39, 0.29) is 11.3 Å². The van der Waals surface area contributed by atoms with Crippen molar-refractivity contribution in [2.75, 3.05) is 45.7 Å². The summed E-state index contributed by atoms with van der Waals surface area (Å²) in [6.07, 6.45) is 3.01. The fourth-order valence-corrected chi connectivity index (χ4v) is 5.00. The topological polar surface area (TPSA) is 80.1 Å². The SMILES string of the molecule is COc1cc(NC(=S)N2CCC3(CCN(C(=O)c4c(C)noc4C)CC3)C2)cc(OC)c1. The number of thiocarbonyl (C=S) groups is 1. The fourth-order valence-electron chi connectivity index (χ4n) is 4.73. The van der Waals surface area contributed by atoms with Gasteiger partial charge >= 0.3 is 0 Å². The van der Waals surface area contributed by atoms with E-state index in [1.165, 1.54) is 0 Å². The van der Waals surface area contributed by atoms with Gasteiger partial charge < -0.3 is 29.1 Å². The highest BCUT2D eigenvalue weighted by Crippen LogP contribution is 2.41. The molecule has 1 spiro atoms. The molecule has 0 radical (unpaired) electrons. The van der Waals surface area contributed by atoms with E-state index in [1.807, 2.05) is 30.0 Å². The highest BCUT2D eigenvalue weighted by molar-refractivity contribution is 7.80. The van der Waals surface area contributed by atoms with Crippen molar-refractivity contribution < 1.29 is 18.8 Å². The van der Waals surface area contributed by atoms with E-state index in [2.05, 4.69) is 15.4 Å². The van der Waals surface area contributed by atoms with Gasteiger partial charge in [0, 0.05) is 50.1 Å². The number of nitrogens with zero attached hydrogens (tertiary/aromatic N) is 3. The lowest BCUT2D eigenvalue weighted by molar-refractivity contribution is 0.0597. The number of rotatable bonds is 4. The van der Waals surface area contributed by atoms with Gasteiger partial charge in [0.2, 0.25) is 0 Å². The Morgan fingerprint density at radius 3 is 2.19 bits per heavy atom. The van der Waals surface area contributed by atoms with Gasteiger partial charge in [0.25, 0.3) is 5.91 Å². The van der Waals surface area contributed by atoms with Crippen LogP contribution in [-0.2, 0) is 0 Å². The first-order valence-electron chi connectivity index (χ1n) is 10.9. The predicted molar refractivity (Wildman–Crippen MR) is 126 cm³/mol. The van der Waals surface area contributed by atoms with Crippen molar-refractivity contribution in [3.05, 3.63) is 35.2 Å². The Kier molecular flexibility index (Phi) is 6.28. The van der Waals surface area contributed by atoms with Crippen LogP contribution in [0.4, 0.5) is 5.69 Å². The molecule has 0 unspecified atom stereocenters. The van der Waals surface area contributed by atoms with Crippen LogP contribution in [0.15, 0.2) is 22.7 Å². The molecule has 0 bridgehead atoms. The summed E-state index contributed by atoms with van der Waals surface area (Å²) in [7, 11) is 3.26. The average molecular weight is 459 g/mol. The minimum absolute atomic E-state index is 0.0233. The number of nitrogens with one attached hydrogen (secondary N) is 1. The second kappa shape index (κ2) is 8.97. The number of carbonyl (C=O) groups excluding carboxylic acids is 1. The van der Waals surface area contributed by atoms with Crippen LogP contribution in [0.5, 0.6) is 11.5 Å². The molecule has 1 aromatic carbocycles. The Labute approximate surface area is 193 Å². The van der Waals surface area contributed by atoms with Gasteiger partial charge in [0.15, 0.2) is 5.11 Å². The lowest BCUT2D eigenvalue weighted by atomic mass is 9.77. The molecule has 1 aromatic heterocycles. The van der Waals surface area contributed by atoms with Gasteiger partial charge in [0.1, 0.15) is 22.8 Å². The van der Waals surface area contributed by atoms with Gasteiger partial charge in [-0.3, -0.25) is 4.79 Å². The van der Waals surface area contributed by atoms with Crippen molar-refractivity contribution in [2.45, 2.75) is 33.1 Å². The number of likely N-dealkylation sites (tertiary alicyclic amines) is 2. The lowest BCUT2D eigenvalue weighted by Crippen LogP contribution is -2.45. The molecule has 172 valence electrons. The van der Waals surface area contributed by atoms with E-state index in [0.717, 1.165) is 51.1 Å². The third kappa shape index (κ3) is 4.39. The van der Waals surface area contributed by atoms with E-state index in [9.17, 15) is 4.79 Å². The molecule has 2 aliphatic heterocycles. The quantitative estimate of drug-likeness (QED) is 0.696. The number of benzene rings is 1. The molecule has 2 fully saturated rings. The van der Waals surface area contributed by atoms with Gasteiger partial charge in [-0.05, 0) is 50.7 Å². The Morgan fingerprint density at radius 2 is 1.66 bits per heavy atom. The van der Waals surface area contributed by atoms with Crippen molar-refractivity contribution in [2.24, 2.45) is 5.41 Å². The van der Waals surface area contributed by atoms with Crippen LogP contribution in [0.1, 0.15) is 41.1 Å². The second-order valence-electron chi connectivity index (χ2n) is 8.69. The predicted octanol–water partition coefficient (Wildman–Crippen LogP) is 3.63. The molecule has 1 N–H and O–H groups in total. The highest BCUT2D eigenvalue weighted by atomic mass is 32.1. The monoisotopic (exact) mass is 458 g/mol. The van der Waals surface area contributed by atoms with Crippen molar-refractivity contribution in [1.82, 2.24) is 15.0 Å².